The van der Waals surface area contributed by atoms with Crippen molar-refractivity contribution >= 4 is 6.09 Å². The van der Waals surface area contributed by atoms with Gasteiger partial charge in [0.15, 0.2) is 0 Å². The molecule has 1 saturated carbocycles. The van der Waals surface area contributed by atoms with Crippen LogP contribution in [0.1, 0.15) is 73.6 Å². The average Bonchev–Trinajstić information content (AvgIpc) is 2.40. The Morgan fingerprint density at radius 1 is 1.13 bits per heavy atom. The molecule has 0 aromatic carbocycles. The van der Waals surface area contributed by atoms with E-state index < -0.39 is 5.60 Å². The van der Waals surface area contributed by atoms with Crippen LogP contribution in [0.2, 0.25) is 0 Å². The second-order valence-corrected chi connectivity index (χ2v) is 9.07. The molecule has 1 rings (SSSR count). The lowest BCUT2D eigenvalue weighted by Crippen LogP contribution is -2.45. The number of carbonyl (C=O) groups excluding carboxylic acids is 1. The van der Waals surface area contributed by atoms with E-state index >= 15 is 0 Å². The maximum atomic E-state index is 11.9. The molecule has 23 heavy (non-hydrogen) atoms. The Bertz CT molecular complexity index is 369. The first kappa shape index (κ1) is 20.3. The van der Waals surface area contributed by atoms with Gasteiger partial charge in [0.25, 0.3) is 0 Å². The molecule has 136 valence electrons. The van der Waals surface area contributed by atoms with Gasteiger partial charge in [-0.05, 0) is 57.9 Å². The van der Waals surface area contributed by atoms with Crippen molar-refractivity contribution in [2.75, 3.05) is 20.1 Å². The van der Waals surface area contributed by atoms with Gasteiger partial charge in [0.2, 0.25) is 0 Å². The number of ether oxygens (including phenoxy) is 1. The Morgan fingerprint density at radius 3 is 2.30 bits per heavy atom. The number of amides is 1. The molecule has 2 atom stereocenters. The third kappa shape index (κ3) is 7.56. The van der Waals surface area contributed by atoms with Crippen molar-refractivity contribution in [1.82, 2.24) is 10.2 Å². The zero-order valence-electron chi connectivity index (χ0n) is 16.4. The summed E-state index contributed by atoms with van der Waals surface area (Å²) in [7, 11) is 1.81. The average molecular weight is 327 g/mol. The van der Waals surface area contributed by atoms with E-state index in [0.29, 0.717) is 11.5 Å². The van der Waals surface area contributed by atoms with Crippen LogP contribution in [-0.4, -0.2) is 42.8 Å². The molecule has 1 N–H and O–H groups in total. The normalized spacial score (nSPS) is 22.7. The molecule has 0 saturated heterocycles. The van der Waals surface area contributed by atoms with Crippen molar-refractivity contribution in [3.8, 4) is 0 Å². The van der Waals surface area contributed by atoms with Gasteiger partial charge in [0.05, 0.1) is 0 Å². The first-order chi connectivity index (χ1) is 10.5. The monoisotopic (exact) mass is 326 g/mol. The summed E-state index contributed by atoms with van der Waals surface area (Å²) >= 11 is 0. The van der Waals surface area contributed by atoms with Gasteiger partial charge in [-0.2, -0.15) is 0 Å². The molecule has 0 radical (unpaired) electrons. The van der Waals surface area contributed by atoms with Gasteiger partial charge in [0.1, 0.15) is 5.60 Å². The summed E-state index contributed by atoms with van der Waals surface area (Å²) in [6, 6.07) is 0.621. The van der Waals surface area contributed by atoms with E-state index in [-0.39, 0.29) is 6.09 Å². The topological polar surface area (TPSA) is 41.6 Å². The van der Waals surface area contributed by atoms with E-state index in [1.165, 1.54) is 25.7 Å². The summed E-state index contributed by atoms with van der Waals surface area (Å²) in [4.78, 5) is 13.6. The van der Waals surface area contributed by atoms with Crippen LogP contribution >= 0.6 is 0 Å². The van der Waals surface area contributed by atoms with Gasteiger partial charge in [-0.3, -0.25) is 0 Å². The summed E-state index contributed by atoms with van der Waals surface area (Å²) in [5.74, 6) is 0.750. The lowest BCUT2D eigenvalue weighted by Gasteiger charge is -2.41. The van der Waals surface area contributed by atoms with Crippen molar-refractivity contribution < 1.29 is 9.53 Å². The van der Waals surface area contributed by atoms with Crippen LogP contribution in [0.5, 0.6) is 0 Å². The number of nitrogens with one attached hydrogen (secondary N) is 1. The van der Waals surface area contributed by atoms with E-state index in [1.807, 2.05) is 27.8 Å². The van der Waals surface area contributed by atoms with Gasteiger partial charge in [-0.25, -0.2) is 4.79 Å². The zero-order valence-corrected chi connectivity index (χ0v) is 16.4. The quantitative estimate of drug-likeness (QED) is 0.760. The smallest absolute Gasteiger partial charge is 0.410 e. The maximum Gasteiger partial charge on any atom is 0.410 e. The standard InChI is InChI=1S/C19H38N2O2/c1-18(2,3)15-11-8-9-12-16(15)20-13-10-14-21(7)17(22)23-19(4,5)6/h15-16,20H,8-14H2,1-7H3. The minimum Gasteiger partial charge on any atom is -0.444 e. The predicted molar refractivity (Wildman–Crippen MR) is 96.7 cm³/mol. The highest BCUT2D eigenvalue weighted by Crippen LogP contribution is 2.37. The lowest BCUT2D eigenvalue weighted by atomic mass is 9.69. The molecule has 0 bridgehead atoms. The Labute approximate surface area is 143 Å². The minimum absolute atomic E-state index is 0.234. The van der Waals surface area contributed by atoms with Gasteiger partial charge in [0, 0.05) is 19.6 Å². The molecule has 0 heterocycles. The fraction of sp³-hybridized carbons (Fsp3) is 0.947. The van der Waals surface area contributed by atoms with Gasteiger partial charge in [-0.15, -0.1) is 0 Å². The molecule has 1 aliphatic rings. The van der Waals surface area contributed by atoms with Crippen LogP contribution in [0, 0.1) is 11.3 Å². The first-order valence-corrected chi connectivity index (χ1v) is 9.18. The molecule has 2 unspecified atom stereocenters. The van der Waals surface area contributed by atoms with Crippen molar-refractivity contribution in [3.63, 3.8) is 0 Å². The SMILES string of the molecule is CN(CCCNC1CCCCC1C(C)(C)C)C(=O)OC(C)(C)C. The summed E-state index contributed by atoms with van der Waals surface area (Å²) < 4.78 is 5.37. The molecule has 0 aromatic heterocycles. The van der Waals surface area contributed by atoms with Crippen LogP contribution < -0.4 is 5.32 Å². The largest absolute Gasteiger partial charge is 0.444 e. The lowest BCUT2D eigenvalue weighted by molar-refractivity contribution is 0.0296. The second kappa shape index (κ2) is 8.36. The summed E-state index contributed by atoms with van der Waals surface area (Å²) in [5, 5.41) is 3.74. The molecule has 1 fully saturated rings. The van der Waals surface area contributed by atoms with Crippen LogP contribution in [0.4, 0.5) is 4.79 Å². The van der Waals surface area contributed by atoms with E-state index in [9.17, 15) is 4.79 Å². The summed E-state index contributed by atoms with van der Waals surface area (Å²) in [6.07, 6.45) is 6.04. The van der Waals surface area contributed by atoms with Gasteiger partial charge < -0.3 is 15.0 Å². The minimum atomic E-state index is -0.425. The third-order valence-corrected chi connectivity index (χ3v) is 4.66. The fourth-order valence-corrected chi connectivity index (χ4v) is 3.45. The maximum absolute atomic E-state index is 11.9. The summed E-state index contributed by atoms with van der Waals surface area (Å²) in [5.41, 5.74) is -0.0585. The molecular formula is C19H38N2O2. The molecule has 1 amide bonds. The van der Waals surface area contributed by atoms with Crippen LogP contribution in [0.3, 0.4) is 0 Å². The number of rotatable bonds is 5. The number of carbonyl (C=O) groups is 1. The number of hydrogen-bond acceptors (Lipinski definition) is 3. The molecular weight excluding hydrogens is 288 g/mol. The highest BCUT2D eigenvalue weighted by atomic mass is 16.6. The Kier molecular flexibility index (Phi) is 7.37. The molecule has 0 spiro atoms. The zero-order chi connectivity index (χ0) is 17.7. The molecule has 4 nitrogen and oxygen atoms in total. The van der Waals surface area contributed by atoms with Crippen molar-refractivity contribution in [2.24, 2.45) is 11.3 Å². The molecule has 4 heteroatoms. The highest BCUT2D eigenvalue weighted by molar-refractivity contribution is 5.67. The Morgan fingerprint density at radius 2 is 1.74 bits per heavy atom. The van der Waals surface area contributed by atoms with E-state index in [2.05, 4.69) is 26.1 Å². The van der Waals surface area contributed by atoms with Crippen molar-refractivity contribution in [3.05, 3.63) is 0 Å². The van der Waals surface area contributed by atoms with Crippen LogP contribution in [0.15, 0.2) is 0 Å². The van der Waals surface area contributed by atoms with E-state index in [1.54, 1.807) is 4.90 Å². The molecule has 0 aliphatic heterocycles. The highest BCUT2D eigenvalue weighted by Gasteiger charge is 2.33. The molecule has 1 aliphatic carbocycles. The summed E-state index contributed by atoms with van der Waals surface area (Å²) in [6.45, 7) is 14.5. The number of hydrogen-bond donors (Lipinski definition) is 1. The van der Waals surface area contributed by atoms with E-state index in [4.69, 9.17) is 4.74 Å². The Balaban J connectivity index is 2.31. The Hall–Kier alpha value is -0.770. The molecule has 0 aromatic rings. The predicted octanol–water partition coefficient (Wildman–Crippen LogP) is 4.44. The van der Waals surface area contributed by atoms with Crippen molar-refractivity contribution in [2.45, 2.75) is 85.3 Å². The van der Waals surface area contributed by atoms with Crippen LogP contribution in [-0.2, 0) is 4.74 Å². The van der Waals surface area contributed by atoms with E-state index in [0.717, 1.165) is 25.4 Å². The fourth-order valence-electron chi connectivity index (χ4n) is 3.45. The van der Waals surface area contributed by atoms with Gasteiger partial charge >= 0.3 is 6.09 Å². The van der Waals surface area contributed by atoms with Crippen molar-refractivity contribution in [1.29, 1.82) is 0 Å². The third-order valence-electron chi connectivity index (χ3n) is 4.66. The van der Waals surface area contributed by atoms with Crippen LogP contribution in [0.25, 0.3) is 0 Å². The van der Waals surface area contributed by atoms with Gasteiger partial charge in [-0.1, -0.05) is 33.6 Å². The number of nitrogens with zero attached hydrogens (tertiary/aromatic N) is 1. The second-order valence-electron chi connectivity index (χ2n) is 9.07. The first-order valence-electron chi connectivity index (χ1n) is 9.18.